The minimum atomic E-state index is -1.11. The monoisotopic (exact) mass is 183 g/mol. The van der Waals surface area contributed by atoms with Gasteiger partial charge in [0.15, 0.2) is 5.82 Å². The topological polar surface area (TPSA) is 81.2 Å². The van der Waals surface area contributed by atoms with Crippen LogP contribution in [0.5, 0.6) is 0 Å². The fourth-order valence-electron chi connectivity index (χ4n) is 1.01. The lowest BCUT2D eigenvalue weighted by molar-refractivity contribution is -0.393. The van der Waals surface area contributed by atoms with Crippen LogP contribution in [0.15, 0.2) is 18.9 Å². The summed E-state index contributed by atoms with van der Waals surface area (Å²) < 4.78 is 1.09. The summed E-state index contributed by atoms with van der Waals surface area (Å²) in [5, 5.41) is 19.8. The van der Waals surface area contributed by atoms with Crippen LogP contribution >= 0.6 is 0 Å². The van der Waals surface area contributed by atoms with E-state index in [0.29, 0.717) is 5.82 Å². The van der Waals surface area contributed by atoms with E-state index in [1.165, 1.54) is 6.08 Å². The van der Waals surface area contributed by atoms with Gasteiger partial charge >= 0.3 is 5.82 Å². The van der Waals surface area contributed by atoms with E-state index in [9.17, 15) is 15.2 Å². The van der Waals surface area contributed by atoms with Crippen molar-refractivity contribution < 1.29 is 10.0 Å². The Morgan fingerprint density at radius 2 is 2.54 bits per heavy atom. The summed E-state index contributed by atoms with van der Waals surface area (Å²) in [4.78, 5) is 13.6. The molecule has 70 valence electrons. The quantitative estimate of drug-likeness (QED) is 0.426. The highest BCUT2D eigenvalue weighted by Gasteiger charge is 2.21. The number of aliphatic hydroxyl groups excluding tert-OH is 1. The zero-order valence-electron chi connectivity index (χ0n) is 7.04. The second-order valence-electron chi connectivity index (χ2n) is 2.44. The van der Waals surface area contributed by atoms with Crippen LogP contribution in [0.4, 0.5) is 5.82 Å². The Labute approximate surface area is 74.3 Å². The normalized spacial score (nSPS) is 12.5. The van der Waals surface area contributed by atoms with Crippen molar-refractivity contribution in [2.75, 3.05) is 0 Å². The predicted octanol–water partition coefficient (Wildman–Crippen LogP) is 0.777. The first-order valence-corrected chi connectivity index (χ1v) is 3.56. The van der Waals surface area contributed by atoms with E-state index in [1.54, 1.807) is 6.92 Å². The number of imidazole rings is 1. The summed E-state index contributed by atoms with van der Waals surface area (Å²) in [6.45, 7) is 4.91. The van der Waals surface area contributed by atoms with Gasteiger partial charge in [-0.25, -0.2) is 4.98 Å². The Morgan fingerprint density at radius 1 is 1.92 bits per heavy atom. The highest BCUT2D eigenvalue weighted by atomic mass is 16.6. The van der Waals surface area contributed by atoms with Gasteiger partial charge in [-0.15, -0.1) is 0 Å². The summed E-state index contributed by atoms with van der Waals surface area (Å²) in [6.07, 6.45) is 1.19. The van der Waals surface area contributed by atoms with E-state index in [-0.39, 0.29) is 5.82 Å². The molecule has 0 saturated heterocycles. The third kappa shape index (κ3) is 1.57. The molecule has 1 heterocycles. The number of aliphatic hydroxyl groups is 1. The fourth-order valence-corrected chi connectivity index (χ4v) is 1.01. The molecule has 0 aliphatic rings. The van der Waals surface area contributed by atoms with Crippen molar-refractivity contribution in [3.8, 4) is 0 Å². The van der Waals surface area contributed by atoms with E-state index in [1.807, 2.05) is 0 Å². The number of nitro groups is 1. The molecular weight excluding hydrogens is 174 g/mol. The number of nitrogens with zero attached hydrogens (tertiary/aromatic N) is 3. The van der Waals surface area contributed by atoms with E-state index in [4.69, 9.17) is 0 Å². The van der Waals surface area contributed by atoms with Crippen molar-refractivity contribution in [1.29, 1.82) is 0 Å². The van der Waals surface area contributed by atoms with Crippen LogP contribution in [0.2, 0.25) is 0 Å². The van der Waals surface area contributed by atoms with Crippen molar-refractivity contribution in [2.24, 2.45) is 0 Å². The lowest BCUT2D eigenvalue weighted by Crippen LogP contribution is -2.10. The molecule has 0 saturated carbocycles. The second kappa shape index (κ2) is 3.36. The molecule has 1 rings (SSSR count). The first-order chi connectivity index (χ1) is 6.07. The minimum absolute atomic E-state index is 0.245. The van der Waals surface area contributed by atoms with Crippen molar-refractivity contribution in [3.05, 3.63) is 34.8 Å². The molecule has 0 aromatic carbocycles. The molecule has 0 aliphatic carbocycles. The van der Waals surface area contributed by atoms with Gasteiger partial charge in [-0.1, -0.05) is 6.58 Å². The van der Waals surface area contributed by atoms with Gasteiger partial charge in [0.05, 0.1) is 0 Å². The number of hydrogen-bond acceptors (Lipinski definition) is 4. The molecule has 0 radical (unpaired) electrons. The largest absolute Gasteiger partial charge is 0.358 e. The Balaban J connectivity index is 3.23. The Kier molecular flexibility index (Phi) is 2.43. The smallest absolute Gasteiger partial charge is 0.345 e. The molecule has 1 unspecified atom stereocenters. The zero-order chi connectivity index (χ0) is 10.0. The lowest BCUT2D eigenvalue weighted by atomic mass is 10.5. The van der Waals surface area contributed by atoms with E-state index in [0.717, 1.165) is 10.8 Å². The Hall–Kier alpha value is -1.69. The fraction of sp³-hybridized carbons (Fsp3) is 0.286. The van der Waals surface area contributed by atoms with Crippen LogP contribution in [0, 0.1) is 17.0 Å². The zero-order valence-corrected chi connectivity index (χ0v) is 7.04. The van der Waals surface area contributed by atoms with Gasteiger partial charge in [0, 0.05) is 6.92 Å². The highest BCUT2D eigenvalue weighted by Crippen LogP contribution is 2.18. The van der Waals surface area contributed by atoms with Crippen LogP contribution < -0.4 is 0 Å². The summed E-state index contributed by atoms with van der Waals surface area (Å²) in [7, 11) is 0. The molecular formula is C7H9N3O3. The van der Waals surface area contributed by atoms with E-state index in [2.05, 4.69) is 11.6 Å². The Morgan fingerprint density at radius 3 is 3.00 bits per heavy atom. The number of aryl methyl sites for hydroxylation is 1. The van der Waals surface area contributed by atoms with Crippen molar-refractivity contribution in [2.45, 2.75) is 13.2 Å². The van der Waals surface area contributed by atoms with Crippen LogP contribution in [-0.4, -0.2) is 19.6 Å². The van der Waals surface area contributed by atoms with Gasteiger partial charge in [0.25, 0.3) is 0 Å². The average Bonchev–Trinajstić information content (AvgIpc) is 2.46. The maximum absolute atomic E-state index is 10.5. The summed E-state index contributed by atoms with van der Waals surface area (Å²) in [5.41, 5.74) is 0. The van der Waals surface area contributed by atoms with Crippen LogP contribution in [0.25, 0.3) is 0 Å². The van der Waals surface area contributed by atoms with Gasteiger partial charge in [0.2, 0.25) is 6.23 Å². The lowest BCUT2D eigenvalue weighted by Gasteiger charge is -2.04. The summed E-state index contributed by atoms with van der Waals surface area (Å²) in [5.74, 6) is 0.129. The molecule has 0 bridgehead atoms. The van der Waals surface area contributed by atoms with Crippen LogP contribution in [0.3, 0.4) is 0 Å². The van der Waals surface area contributed by atoms with Gasteiger partial charge in [-0.2, -0.15) is 4.57 Å². The Bertz CT molecular complexity index is 345. The van der Waals surface area contributed by atoms with Gasteiger partial charge in [0.1, 0.15) is 6.20 Å². The first kappa shape index (κ1) is 9.40. The van der Waals surface area contributed by atoms with Crippen molar-refractivity contribution >= 4 is 5.82 Å². The summed E-state index contributed by atoms with van der Waals surface area (Å²) in [6, 6.07) is 0. The maximum Gasteiger partial charge on any atom is 0.345 e. The maximum atomic E-state index is 10.5. The van der Waals surface area contributed by atoms with Crippen molar-refractivity contribution in [1.82, 2.24) is 9.55 Å². The van der Waals surface area contributed by atoms with Crippen LogP contribution in [-0.2, 0) is 0 Å². The second-order valence-corrected chi connectivity index (χ2v) is 2.44. The predicted molar refractivity (Wildman–Crippen MR) is 45.1 cm³/mol. The van der Waals surface area contributed by atoms with E-state index < -0.39 is 11.2 Å². The molecule has 1 aromatic heterocycles. The third-order valence-electron chi connectivity index (χ3n) is 1.62. The molecule has 0 aliphatic heterocycles. The molecule has 0 fully saturated rings. The van der Waals surface area contributed by atoms with Gasteiger partial charge < -0.3 is 15.2 Å². The molecule has 6 nitrogen and oxygen atoms in total. The molecule has 6 heteroatoms. The standard InChI is InChI=1S/C7H9N3O3/c1-3-7(11)9-5(2)8-4-6(9)10(12)13/h3-4,7,11H,1H2,2H3. The molecule has 0 amide bonds. The number of aromatic nitrogens is 2. The van der Waals surface area contributed by atoms with Gasteiger partial charge in [-0.3, -0.25) is 0 Å². The molecule has 13 heavy (non-hydrogen) atoms. The SMILES string of the molecule is C=CC(O)n1c([N+](=O)[O-])cnc1C. The average molecular weight is 183 g/mol. The highest BCUT2D eigenvalue weighted by molar-refractivity contribution is 5.20. The molecule has 1 aromatic rings. The summed E-state index contributed by atoms with van der Waals surface area (Å²) >= 11 is 0. The van der Waals surface area contributed by atoms with E-state index >= 15 is 0 Å². The van der Waals surface area contributed by atoms with Crippen molar-refractivity contribution in [3.63, 3.8) is 0 Å². The molecule has 0 spiro atoms. The number of rotatable bonds is 3. The molecule has 1 N–H and O–H groups in total. The molecule has 1 atom stereocenters. The number of hydrogen-bond donors (Lipinski definition) is 1. The first-order valence-electron chi connectivity index (χ1n) is 3.56. The van der Waals surface area contributed by atoms with Gasteiger partial charge in [-0.05, 0) is 11.0 Å². The van der Waals surface area contributed by atoms with Crippen LogP contribution in [0.1, 0.15) is 12.1 Å². The minimum Gasteiger partial charge on any atom is -0.358 e. The third-order valence-corrected chi connectivity index (χ3v) is 1.62.